The zero-order chi connectivity index (χ0) is 14.0. The molecule has 1 saturated carbocycles. The van der Waals surface area contributed by atoms with E-state index in [-0.39, 0.29) is 5.54 Å². The Labute approximate surface area is 118 Å². The number of rotatable bonds is 7. The Morgan fingerprint density at radius 3 is 2.63 bits per heavy atom. The first-order valence-corrected chi connectivity index (χ1v) is 7.77. The first-order chi connectivity index (χ1) is 8.98. The summed E-state index contributed by atoms with van der Waals surface area (Å²) >= 11 is 0. The zero-order valence-electron chi connectivity index (χ0n) is 13.1. The fourth-order valence-electron chi connectivity index (χ4n) is 3.37. The third kappa shape index (κ3) is 3.48. The Hall–Kier alpha value is -0.160. The number of likely N-dealkylation sites (N-methyl/N-ethyl adjacent to an activating group) is 1. The predicted octanol–water partition coefficient (Wildman–Crippen LogP) is 1.30. The van der Waals surface area contributed by atoms with Crippen molar-refractivity contribution in [2.45, 2.75) is 63.8 Å². The molecule has 19 heavy (non-hydrogen) atoms. The average Bonchev–Trinajstić information content (AvgIpc) is 3.13. The molecule has 2 rings (SSSR count). The lowest BCUT2D eigenvalue weighted by atomic mass is 9.94. The van der Waals surface area contributed by atoms with Crippen LogP contribution in [0.5, 0.6) is 0 Å². The van der Waals surface area contributed by atoms with Crippen molar-refractivity contribution in [3.05, 3.63) is 0 Å². The molecule has 0 amide bonds. The van der Waals surface area contributed by atoms with Crippen LogP contribution in [0.25, 0.3) is 0 Å². The molecule has 1 aliphatic heterocycles. The van der Waals surface area contributed by atoms with E-state index in [9.17, 15) is 0 Å². The highest BCUT2D eigenvalue weighted by Gasteiger charge is 2.48. The summed E-state index contributed by atoms with van der Waals surface area (Å²) in [5.41, 5.74) is 6.29. The Balaban J connectivity index is 1.90. The van der Waals surface area contributed by atoms with Crippen LogP contribution in [-0.2, 0) is 4.74 Å². The second-order valence-electron chi connectivity index (χ2n) is 6.73. The summed E-state index contributed by atoms with van der Waals surface area (Å²) in [5.74, 6) is 0. The summed E-state index contributed by atoms with van der Waals surface area (Å²) in [5, 5.41) is 0. The van der Waals surface area contributed by atoms with E-state index in [4.69, 9.17) is 10.5 Å². The topological polar surface area (TPSA) is 41.7 Å². The lowest BCUT2D eigenvalue weighted by Crippen LogP contribution is -2.55. The summed E-state index contributed by atoms with van der Waals surface area (Å²) in [6.45, 7) is 10.2. The third-order valence-corrected chi connectivity index (χ3v) is 4.80. The molecule has 0 aromatic heterocycles. The number of hydrogen-bond acceptors (Lipinski definition) is 4. The van der Waals surface area contributed by atoms with Crippen LogP contribution in [0.1, 0.15) is 40.0 Å². The lowest BCUT2D eigenvalue weighted by molar-refractivity contribution is 0.0366. The van der Waals surface area contributed by atoms with Crippen LogP contribution in [-0.4, -0.2) is 66.8 Å². The van der Waals surface area contributed by atoms with Gasteiger partial charge in [-0.05, 0) is 47.1 Å². The van der Waals surface area contributed by atoms with Gasteiger partial charge in [0.25, 0.3) is 0 Å². The van der Waals surface area contributed by atoms with E-state index in [0.29, 0.717) is 12.1 Å². The number of nitrogens with two attached hydrogens (primary N) is 1. The van der Waals surface area contributed by atoms with E-state index in [0.717, 1.165) is 32.3 Å². The van der Waals surface area contributed by atoms with Gasteiger partial charge < -0.3 is 10.5 Å². The molecule has 1 saturated heterocycles. The molecule has 2 N–H and O–H groups in total. The van der Waals surface area contributed by atoms with Gasteiger partial charge in [0, 0.05) is 37.3 Å². The molecule has 2 unspecified atom stereocenters. The van der Waals surface area contributed by atoms with E-state index in [1.165, 1.54) is 19.3 Å². The van der Waals surface area contributed by atoms with Crippen LogP contribution in [0.4, 0.5) is 0 Å². The zero-order valence-corrected chi connectivity index (χ0v) is 13.1. The van der Waals surface area contributed by atoms with Gasteiger partial charge >= 0.3 is 0 Å². The minimum atomic E-state index is 0.155. The van der Waals surface area contributed by atoms with Gasteiger partial charge in [-0.15, -0.1) is 0 Å². The number of ether oxygens (including phenoxy) is 1. The molecule has 4 heteroatoms. The molecule has 0 spiro atoms. The minimum absolute atomic E-state index is 0.155. The molecule has 0 bridgehead atoms. The molecule has 2 atom stereocenters. The summed E-state index contributed by atoms with van der Waals surface area (Å²) in [6.07, 6.45) is 4.27. The lowest BCUT2D eigenvalue weighted by Gasteiger charge is -2.38. The maximum atomic E-state index is 6.14. The van der Waals surface area contributed by atoms with E-state index < -0.39 is 0 Å². The largest absolute Gasteiger partial charge is 0.377 e. The molecule has 1 aliphatic carbocycles. The molecular weight excluding hydrogens is 238 g/mol. The monoisotopic (exact) mass is 269 g/mol. The highest BCUT2D eigenvalue weighted by atomic mass is 16.5. The van der Waals surface area contributed by atoms with Crippen molar-refractivity contribution in [3.8, 4) is 0 Å². The van der Waals surface area contributed by atoms with Gasteiger partial charge in [0.05, 0.1) is 12.7 Å². The van der Waals surface area contributed by atoms with Crippen molar-refractivity contribution in [2.75, 3.05) is 33.3 Å². The number of nitrogens with zero attached hydrogens (tertiary/aromatic N) is 2. The summed E-state index contributed by atoms with van der Waals surface area (Å²) < 4.78 is 5.68. The quantitative estimate of drug-likeness (QED) is 0.756. The molecule has 1 heterocycles. The smallest absolute Gasteiger partial charge is 0.0597 e. The first kappa shape index (κ1) is 15.2. The first-order valence-electron chi connectivity index (χ1n) is 7.77. The summed E-state index contributed by atoms with van der Waals surface area (Å²) in [4.78, 5) is 5.11. The van der Waals surface area contributed by atoms with Gasteiger partial charge in [0.15, 0.2) is 0 Å². The third-order valence-electron chi connectivity index (χ3n) is 4.80. The van der Waals surface area contributed by atoms with Crippen molar-refractivity contribution >= 4 is 0 Å². The molecule has 4 nitrogen and oxygen atoms in total. The second-order valence-corrected chi connectivity index (χ2v) is 6.73. The fourth-order valence-corrected chi connectivity index (χ4v) is 3.37. The van der Waals surface area contributed by atoms with Crippen LogP contribution in [0, 0.1) is 0 Å². The van der Waals surface area contributed by atoms with Crippen LogP contribution in [0.3, 0.4) is 0 Å². The molecule has 2 aliphatic rings. The van der Waals surface area contributed by atoms with Gasteiger partial charge in [0.2, 0.25) is 0 Å². The highest BCUT2D eigenvalue weighted by molar-refractivity contribution is 5.06. The maximum Gasteiger partial charge on any atom is 0.0597 e. The summed E-state index contributed by atoms with van der Waals surface area (Å²) in [7, 11) is 2.21. The van der Waals surface area contributed by atoms with E-state index in [1.54, 1.807) is 0 Å². The molecule has 0 aromatic rings. The molecule has 0 aromatic carbocycles. The van der Waals surface area contributed by atoms with Gasteiger partial charge in [-0.25, -0.2) is 0 Å². The van der Waals surface area contributed by atoms with Crippen molar-refractivity contribution in [1.82, 2.24) is 9.80 Å². The standard InChI is InChI=1S/C15H31N3O/c1-12(2)19-8-7-17(4)15(10-16)9-13(3)18(11-15)14-5-6-14/h12-14H,5-11,16H2,1-4H3. The van der Waals surface area contributed by atoms with E-state index in [2.05, 4.69) is 37.6 Å². The Bertz CT molecular complexity index is 293. The van der Waals surface area contributed by atoms with Gasteiger partial charge in [-0.2, -0.15) is 0 Å². The van der Waals surface area contributed by atoms with Crippen molar-refractivity contribution in [1.29, 1.82) is 0 Å². The van der Waals surface area contributed by atoms with Crippen molar-refractivity contribution < 1.29 is 4.74 Å². The van der Waals surface area contributed by atoms with Crippen LogP contribution in [0.2, 0.25) is 0 Å². The second kappa shape index (κ2) is 6.08. The van der Waals surface area contributed by atoms with Crippen LogP contribution in [0.15, 0.2) is 0 Å². The molecular formula is C15H31N3O. The van der Waals surface area contributed by atoms with Gasteiger partial charge in [-0.1, -0.05) is 0 Å². The van der Waals surface area contributed by atoms with Crippen molar-refractivity contribution in [3.63, 3.8) is 0 Å². The average molecular weight is 269 g/mol. The maximum absolute atomic E-state index is 6.14. The highest BCUT2D eigenvalue weighted by Crippen LogP contribution is 2.38. The van der Waals surface area contributed by atoms with Crippen LogP contribution < -0.4 is 5.73 Å². The predicted molar refractivity (Wildman–Crippen MR) is 79.3 cm³/mol. The minimum Gasteiger partial charge on any atom is -0.377 e. The van der Waals surface area contributed by atoms with Gasteiger partial charge in [-0.3, -0.25) is 9.80 Å². The van der Waals surface area contributed by atoms with Crippen LogP contribution >= 0.6 is 0 Å². The molecule has 2 fully saturated rings. The van der Waals surface area contributed by atoms with Crippen molar-refractivity contribution in [2.24, 2.45) is 5.73 Å². The van der Waals surface area contributed by atoms with E-state index in [1.807, 2.05) is 0 Å². The number of hydrogen-bond donors (Lipinski definition) is 1. The Kier molecular flexibility index (Phi) is 4.88. The molecule has 0 radical (unpaired) electrons. The van der Waals surface area contributed by atoms with E-state index >= 15 is 0 Å². The summed E-state index contributed by atoms with van der Waals surface area (Å²) in [6, 6.07) is 1.51. The Morgan fingerprint density at radius 2 is 2.11 bits per heavy atom. The normalized spacial score (nSPS) is 32.7. The SMILES string of the molecule is CC(C)OCCN(C)C1(CN)CC(C)N(C2CC2)C1. The van der Waals surface area contributed by atoms with Gasteiger partial charge in [0.1, 0.15) is 0 Å². The Morgan fingerprint density at radius 1 is 1.42 bits per heavy atom. The molecule has 112 valence electrons. The fraction of sp³-hybridized carbons (Fsp3) is 1.00. The number of likely N-dealkylation sites (tertiary alicyclic amines) is 1.